The van der Waals surface area contributed by atoms with E-state index in [1.54, 1.807) is 18.2 Å². The molecule has 0 bridgehead atoms. The molecule has 0 unspecified atom stereocenters. The maximum atomic E-state index is 13.5. The second-order valence-electron chi connectivity index (χ2n) is 4.79. The van der Waals surface area contributed by atoms with Crippen molar-refractivity contribution in [2.24, 2.45) is 4.99 Å². The number of aliphatic imine (C=N–C) groups is 1. The Kier molecular flexibility index (Phi) is 12.4. The van der Waals surface area contributed by atoms with E-state index in [1.807, 2.05) is 31.9 Å². The third-order valence-electron chi connectivity index (χ3n) is 3.01. The molecule has 0 aromatic heterocycles. The van der Waals surface area contributed by atoms with Gasteiger partial charge in [0.05, 0.1) is 6.54 Å². The molecule has 0 aliphatic heterocycles. The molecule has 0 fully saturated rings. The van der Waals surface area contributed by atoms with Crippen LogP contribution in [0.25, 0.3) is 0 Å². The number of nitrogens with one attached hydrogen (secondary N) is 1. The van der Waals surface area contributed by atoms with Crippen LogP contribution in [-0.2, 0) is 0 Å². The number of rotatable bonds is 8. The van der Waals surface area contributed by atoms with E-state index in [9.17, 15) is 4.39 Å². The number of nitrogens with zero attached hydrogens (tertiary/aromatic N) is 2. The number of ether oxygens (including phenoxy) is 1. The summed E-state index contributed by atoms with van der Waals surface area (Å²) >= 11 is 0. The van der Waals surface area contributed by atoms with E-state index in [0.717, 1.165) is 25.5 Å². The van der Waals surface area contributed by atoms with Crippen LogP contribution in [0, 0.1) is 5.82 Å². The van der Waals surface area contributed by atoms with E-state index in [2.05, 4.69) is 16.4 Å². The zero-order valence-electron chi connectivity index (χ0n) is 14.1. The number of halogens is 2. The standard InChI is InChI=1S/C17H26FN3O.HI/c1-4-6-9-12-20-17(19-5-2)21(3)13-14-22-16-11-8-7-10-15(16)18;/h4,6-8,10-11H,5,9,12-14H2,1-3H3,(H,19,20);1H/b6-4+;. The van der Waals surface area contributed by atoms with Crippen LogP contribution in [-0.4, -0.2) is 44.1 Å². The normalized spacial score (nSPS) is 11.2. The first-order chi connectivity index (χ1) is 10.7. The van der Waals surface area contributed by atoms with Crippen LogP contribution in [0.4, 0.5) is 4.39 Å². The van der Waals surface area contributed by atoms with Crippen molar-refractivity contribution in [3.8, 4) is 5.75 Å². The molecule has 0 radical (unpaired) electrons. The number of hydrogen-bond acceptors (Lipinski definition) is 2. The quantitative estimate of drug-likeness (QED) is 0.223. The van der Waals surface area contributed by atoms with Crippen molar-refractivity contribution in [1.29, 1.82) is 0 Å². The van der Waals surface area contributed by atoms with E-state index in [0.29, 0.717) is 13.2 Å². The Morgan fingerprint density at radius 3 is 2.78 bits per heavy atom. The zero-order valence-corrected chi connectivity index (χ0v) is 16.4. The summed E-state index contributed by atoms with van der Waals surface area (Å²) in [5.41, 5.74) is 0. The van der Waals surface area contributed by atoms with Gasteiger partial charge in [-0.25, -0.2) is 4.39 Å². The van der Waals surface area contributed by atoms with Gasteiger partial charge in [0.1, 0.15) is 6.61 Å². The summed E-state index contributed by atoms with van der Waals surface area (Å²) in [5.74, 6) is 0.784. The predicted octanol–water partition coefficient (Wildman–Crippen LogP) is 3.69. The summed E-state index contributed by atoms with van der Waals surface area (Å²) in [6, 6.07) is 6.43. The molecular formula is C17H27FIN3O. The van der Waals surface area contributed by atoms with Gasteiger partial charge in [0.15, 0.2) is 17.5 Å². The van der Waals surface area contributed by atoms with Crippen molar-refractivity contribution < 1.29 is 9.13 Å². The summed E-state index contributed by atoms with van der Waals surface area (Å²) < 4.78 is 18.9. The predicted molar refractivity (Wildman–Crippen MR) is 105 cm³/mol. The van der Waals surface area contributed by atoms with Gasteiger partial charge in [0.2, 0.25) is 0 Å². The highest BCUT2D eigenvalue weighted by molar-refractivity contribution is 14.0. The molecule has 6 heteroatoms. The Bertz CT molecular complexity index is 494. The van der Waals surface area contributed by atoms with E-state index < -0.39 is 0 Å². The van der Waals surface area contributed by atoms with Gasteiger partial charge in [0, 0.05) is 20.1 Å². The van der Waals surface area contributed by atoms with E-state index in [4.69, 9.17) is 4.74 Å². The lowest BCUT2D eigenvalue weighted by atomic mass is 10.3. The highest BCUT2D eigenvalue weighted by atomic mass is 127. The van der Waals surface area contributed by atoms with Crippen molar-refractivity contribution in [2.75, 3.05) is 33.3 Å². The summed E-state index contributed by atoms with van der Waals surface area (Å²) in [4.78, 5) is 6.53. The monoisotopic (exact) mass is 435 g/mol. The SMILES string of the molecule is C/C=C/CCN=C(NCC)N(C)CCOc1ccccc1F.I. The van der Waals surface area contributed by atoms with Gasteiger partial charge in [-0.3, -0.25) is 4.99 Å². The molecule has 4 nitrogen and oxygen atoms in total. The fourth-order valence-electron chi connectivity index (χ4n) is 1.84. The van der Waals surface area contributed by atoms with Gasteiger partial charge in [0.25, 0.3) is 0 Å². The number of likely N-dealkylation sites (N-methyl/N-ethyl adjacent to an activating group) is 1. The van der Waals surface area contributed by atoms with Crippen molar-refractivity contribution in [2.45, 2.75) is 20.3 Å². The smallest absolute Gasteiger partial charge is 0.193 e. The van der Waals surface area contributed by atoms with Crippen molar-refractivity contribution in [1.82, 2.24) is 10.2 Å². The zero-order chi connectivity index (χ0) is 16.2. The lowest BCUT2D eigenvalue weighted by Crippen LogP contribution is -2.41. The molecule has 1 aromatic carbocycles. The first-order valence-electron chi connectivity index (χ1n) is 7.67. The van der Waals surface area contributed by atoms with Crippen molar-refractivity contribution >= 4 is 29.9 Å². The minimum atomic E-state index is -0.336. The number of para-hydroxylation sites is 1. The highest BCUT2D eigenvalue weighted by Gasteiger charge is 2.06. The highest BCUT2D eigenvalue weighted by Crippen LogP contribution is 2.14. The maximum Gasteiger partial charge on any atom is 0.193 e. The second kappa shape index (κ2) is 13.2. The van der Waals surface area contributed by atoms with Crippen LogP contribution >= 0.6 is 24.0 Å². The van der Waals surface area contributed by atoms with Crippen LogP contribution in [0.5, 0.6) is 5.75 Å². The molecule has 0 atom stereocenters. The maximum absolute atomic E-state index is 13.5. The molecule has 0 amide bonds. The Morgan fingerprint density at radius 1 is 1.39 bits per heavy atom. The first-order valence-corrected chi connectivity index (χ1v) is 7.67. The molecule has 1 rings (SSSR count). The first kappa shape index (κ1) is 21.7. The molecule has 0 aliphatic carbocycles. The fraction of sp³-hybridized carbons (Fsp3) is 0.471. The Balaban J connectivity index is 0.00000484. The minimum Gasteiger partial charge on any atom is -0.489 e. The minimum absolute atomic E-state index is 0. The van der Waals surface area contributed by atoms with Gasteiger partial charge >= 0.3 is 0 Å². The molecule has 0 spiro atoms. The molecule has 1 N–H and O–H groups in total. The second-order valence-corrected chi connectivity index (χ2v) is 4.79. The number of benzene rings is 1. The lowest BCUT2D eigenvalue weighted by molar-refractivity contribution is 0.270. The molecule has 0 heterocycles. The molecular weight excluding hydrogens is 408 g/mol. The summed E-state index contributed by atoms with van der Waals surface area (Å²) in [7, 11) is 1.95. The van der Waals surface area contributed by atoms with Crippen LogP contribution in [0.1, 0.15) is 20.3 Å². The van der Waals surface area contributed by atoms with Gasteiger partial charge in [-0.05, 0) is 32.4 Å². The molecule has 0 saturated carbocycles. The summed E-state index contributed by atoms with van der Waals surface area (Å²) in [5, 5.41) is 3.24. The molecule has 0 saturated heterocycles. The molecule has 1 aromatic rings. The number of hydrogen-bond donors (Lipinski definition) is 1. The lowest BCUT2D eigenvalue weighted by Gasteiger charge is -2.22. The average molecular weight is 435 g/mol. The molecule has 130 valence electrons. The van der Waals surface area contributed by atoms with E-state index in [-0.39, 0.29) is 35.5 Å². The fourth-order valence-corrected chi connectivity index (χ4v) is 1.84. The molecule has 23 heavy (non-hydrogen) atoms. The summed E-state index contributed by atoms with van der Waals surface area (Å²) in [6.45, 7) is 6.61. The third kappa shape index (κ3) is 8.78. The Morgan fingerprint density at radius 2 is 2.13 bits per heavy atom. The topological polar surface area (TPSA) is 36.9 Å². The number of guanidine groups is 1. The van der Waals surface area contributed by atoms with E-state index in [1.165, 1.54) is 6.07 Å². The van der Waals surface area contributed by atoms with Crippen molar-refractivity contribution in [3.63, 3.8) is 0 Å². The average Bonchev–Trinajstić information content (AvgIpc) is 2.52. The van der Waals surface area contributed by atoms with Gasteiger partial charge in [-0.15, -0.1) is 24.0 Å². The van der Waals surface area contributed by atoms with Gasteiger partial charge in [-0.2, -0.15) is 0 Å². The molecule has 0 aliphatic rings. The van der Waals surface area contributed by atoms with E-state index >= 15 is 0 Å². The Hall–Kier alpha value is -1.31. The van der Waals surface area contributed by atoms with Gasteiger partial charge < -0.3 is 15.0 Å². The largest absolute Gasteiger partial charge is 0.489 e. The van der Waals surface area contributed by atoms with Crippen molar-refractivity contribution in [3.05, 3.63) is 42.2 Å². The third-order valence-corrected chi connectivity index (χ3v) is 3.01. The summed E-state index contributed by atoms with van der Waals surface area (Å²) in [6.07, 6.45) is 5.04. The Labute approximate surface area is 155 Å². The van der Waals surface area contributed by atoms with Crippen LogP contribution in [0.3, 0.4) is 0 Å². The van der Waals surface area contributed by atoms with Crippen LogP contribution in [0.15, 0.2) is 41.4 Å². The van der Waals surface area contributed by atoms with Crippen LogP contribution < -0.4 is 10.1 Å². The number of allylic oxidation sites excluding steroid dienone is 1. The van der Waals surface area contributed by atoms with Crippen LogP contribution in [0.2, 0.25) is 0 Å². The van der Waals surface area contributed by atoms with Gasteiger partial charge in [-0.1, -0.05) is 24.3 Å².